The summed E-state index contributed by atoms with van der Waals surface area (Å²) in [6, 6.07) is 0. The van der Waals surface area contributed by atoms with Gasteiger partial charge in [0.2, 0.25) is 0 Å². The molecule has 66 heavy (non-hydrogen) atoms. The summed E-state index contributed by atoms with van der Waals surface area (Å²) in [7, 11) is 0. The van der Waals surface area contributed by atoms with Crippen molar-refractivity contribution in [1.29, 1.82) is 0 Å². The number of hydrogen-bond donors (Lipinski definition) is 12. The Morgan fingerprint density at radius 3 is 1.68 bits per heavy atom. The molecule has 4 saturated heterocycles. The van der Waals surface area contributed by atoms with Crippen molar-refractivity contribution >= 4 is 0 Å². The highest BCUT2D eigenvalue weighted by Crippen LogP contribution is 2.89. The average Bonchev–Trinajstić information content (AvgIpc) is 3.85. The Hall–Kier alpha value is -0.760. The molecule has 9 rings (SSSR count). The molecule has 19 nitrogen and oxygen atoms in total. The molecule has 4 heterocycles. The van der Waals surface area contributed by atoms with Crippen LogP contribution in [-0.4, -0.2) is 203 Å². The van der Waals surface area contributed by atoms with Gasteiger partial charge in [0.15, 0.2) is 18.9 Å². The van der Waals surface area contributed by atoms with Crippen LogP contribution in [0.3, 0.4) is 0 Å². The van der Waals surface area contributed by atoms with Gasteiger partial charge < -0.3 is 94.4 Å². The van der Waals surface area contributed by atoms with Gasteiger partial charge in [0, 0.05) is 5.92 Å². The van der Waals surface area contributed by atoms with Gasteiger partial charge in [-0.05, 0) is 117 Å². The van der Waals surface area contributed by atoms with Crippen LogP contribution in [0, 0.1) is 44.8 Å². The first-order chi connectivity index (χ1) is 30.8. The van der Waals surface area contributed by atoms with E-state index in [1.807, 2.05) is 13.8 Å². The molecule has 9 aliphatic rings. The molecule has 0 bridgehead atoms. The van der Waals surface area contributed by atoms with Gasteiger partial charge in [-0.3, -0.25) is 0 Å². The minimum atomic E-state index is -1.65. The van der Waals surface area contributed by atoms with Crippen LogP contribution in [0.5, 0.6) is 0 Å². The van der Waals surface area contributed by atoms with Crippen molar-refractivity contribution in [2.75, 3.05) is 19.8 Å². The molecule has 4 aliphatic heterocycles. The van der Waals surface area contributed by atoms with Gasteiger partial charge in [-0.25, -0.2) is 0 Å². The fourth-order valence-corrected chi connectivity index (χ4v) is 16.6. The van der Waals surface area contributed by atoms with E-state index in [2.05, 4.69) is 34.6 Å². The molecule has 5 saturated carbocycles. The summed E-state index contributed by atoms with van der Waals surface area (Å²) in [4.78, 5) is 0. The van der Waals surface area contributed by atoms with Crippen molar-refractivity contribution in [3.63, 3.8) is 0 Å². The fourth-order valence-electron chi connectivity index (χ4n) is 16.6. The minimum absolute atomic E-state index is 0.00501. The number of fused-ring (bicyclic) bond motifs is 2. The third-order valence-corrected chi connectivity index (χ3v) is 19.8. The van der Waals surface area contributed by atoms with Crippen LogP contribution in [0.15, 0.2) is 0 Å². The molecule has 380 valence electrons. The summed E-state index contributed by atoms with van der Waals surface area (Å²) >= 11 is 0. The van der Waals surface area contributed by atoms with E-state index < -0.39 is 151 Å². The van der Waals surface area contributed by atoms with E-state index in [9.17, 15) is 61.3 Å². The molecule has 0 aromatic rings. The van der Waals surface area contributed by atoms with Crippen molar-refractivity contribution in [3.05, 3.63) is 0 Å². The van der Waals surface area contributed by atoms with Crippen molar-refractivity contribution in [1.82, 2.24) is 0 Å². The van der Waals surface area contributed by atoms with Gasteiger partial charge in [-0.2, -0.15) is 0 Å². The standard InChI is InChI=1S/C47H78O19/c1-41(2)26(64-38-33(57)28(52)21(51)18-60-38)9-11-47-19-46(47)13-12-43(5)36(45(7)10-8-27(42(3,4)66-45)65-40-35(59)32(56)30(54)24(17-49)63-40)20(50)15-44(43,6)25(46)14-22(37(41)47)61-39-34(58)31(55)29(53)23(16-48)62-39/h20-40,48-59H,8-19H2,1-7H3/t20-,21+,22-,23+,24+,25-,26-,27-,28-,29+,30+,31-,32-,33+,34+,35+,36-,37-,38-,39+,40-,43+,44-,45+,46-,47+/m0/s1. The van der Waals surface area contributed by atoms with Gasteiger partial charge in [0.05, 0.1) is 55.4 Å². The van der Waals surface area contributed by atoms with Crippen LogP contribution in [0.25, 0.3) is 0 Å². The first-order valence-electron chi connectivity index (χ1n) is 24.4. The number of hydrogen-bond acceptors (Lipinski definition) is 19. The van der Waals surface area contributed by atoms with Crippen LogP contribution in [0.1, 0.15) is 106 Å². The van der Waals surface area contributed by atoms with Crippen LogP contribution >= 0.6 is 0 Å². The predicted molar refractivity (Wildman–Crippen MR) is 226 cm³/mol. The van der Waals surface area contributed by atoms with Gasteiger partial charge in [-0.15, -0.1) is 0 Å². The second-order valence-corrected chi connectivity index (χ2v) is 23.8. The molecule has 26 atom stereocenters. The Kier molecular flexibility index (Phi) is 12.9. The van der Waals surface area contributed by atoms with Crippen molar-refractivity contribution in [2.45, 2.75) is 228 Å². The molecule has 9 fully saturated rings. The van der Waals surface area contributed by atoms with Gasteiger partial charge in [-0.1, -0.05) is 27.7 Å². The Bertz CT molecular complexity index is 1770. The Morgan fingerprint density at radius 2 is 1.09 bits per heavy atom. The second-order valence-electron chi connectivity index (χ2n) is 23.8. The van der Waals surface area contributed by atoms with E-state index in [0.29, 0.717) is 32.1 Å². The molecule has 2 spiro atoms. The van der Waals surface area contributed by atoms with Crippen LogP contribution in [0.4, 0.5) is 0 Å². The lowest BCUT2D eigenvalue weighted by Crippen LogP contribution is -2.66. The summed E-state index contributed by atoms with van der Waals surface area (Å²) in [6.07, 6.45) is -16.6. The molecule has 0 aromatic carbocycles. The van der Waals surface area contributed by atoms with Gasteiger partial charge in [0.25, 0.3) is 0 Å². The molecule has 0 aromatic heterocycles. The molecule has 19 heteroatoms. The van der Waals surface area contributed by atoms with E-state index in [4.69, 9.17) is 33.2 Å². The normalized spacial score (nSPS) is 58.7. The third-order valence-electron chi connectivity index (χ3n) is 19.8. The molecule has 0 amide bonds. The minimum Gasteiger partial charge on any atom is -0.394 e. The van der Waals surface area contributed by atoms with Crippen LogP contribution < -0.4 is 0 Å². The van der Waals surface area contributed by atoms with Crippen LogP contribution in [0.2, 0.25) is 0 Å². The summed E-state index contributed by atoms with van der Waals surface area (Å²) < 4.78 is 44.4. The van der Waals surface area contributed by atoms with Crippen molar-refractivity contribution < 1.29 is 94.4 Å². The average molecular weight is 947 g/mol. The molecule has 5 aliphatic carbocycles. The SMILES string of the molecule is CC1(C)O[C@@](C)([C@H]2[C@@H](O)C[C@@]3(C)[C@@H]4C[C@H](O[C@@H]5O[C@H](CO)[C@@H](O)[C@H](O)[C@H]5O)[C@H]5C(C)(C)[C@@H](O[C@@H]6OC[C@@H](O)[C@H](O)[C@H]6O)CC[C@@]56C[C@@]46CC[C@]23C)CC[C@@H]1O[C@@H]1O[C@H](CO)[C@@H](O)[C@H](O)[C@H]1O. The summed E-state index contributed by atoms with van der Waals surface area (Å²) in [6.45, 7) is 13.2. The van der Waals surface area contributed by atoms with Crippen molar-refractivity contribution in [3.8, 4) is 0 Å². The van der Waals surface area contributed by atoms with E-state index in [0.717, 1.165) is 25.7 Å². The maximum absolute atomic E-state index is 12.5. The Morgan fingerprint density at radius 1 is 0.530 bits per heavy atom. The quantitative estimate of drug-likeness (QED) is 0.118. The monoisotopic (exact) mass is 947 g/mol. The van der Waals surface area contributed by atoms with E-state index in [1.165, 1.54) is 0 Å². The van der Waals surface area contributed by atoms with Crippen LogP contribution in [-0.2, 0) is 33.2 Å². The highest BCUT2D eigenvalue weighted by Gasteiger charge is 2.85. The molecule has 0 radical (unpaired) electrons. The smallest absolute Gasteiger partial charge is 0.187 e. The summed E-state index contributed by atoms with van der Waals surface area (Å²) in [5.41, 5.74) is -3.84. The highest BCUT2D eigenvalue weighted by molar-refractivity contribution is 5.33. The topological polar surface area (TPSA) is 307 Å². The number of rotatable bonds is 9. The first kappa shape index (κ1) is 50.2. The zero-order valence-electron chi connectivity index (χ0n) is 39.3. The largest absolute Gasteiger partial charge is 0.394 e. The lowest BCUT2D eigenvalue weighted by molar-refractivity contribution is -0.345. The zero-order valence-corrected chi connectivity index (χ0v) is 39.3. The fraction of sp³-hybridized carbons (Fsp3) is 1.00. The maximum Gasteiger partial charge on any atom is 0.187 e. The Balaban J connectivity index is 1.01. The van der Waals surface area contributed by atoms with E-state index in [-0.39, 0.29) is 35.2 Å². The summed E-state index contributed by atoms with van der Waals surface area (Å²) in [5.74, 6) is -0.543. The molecular weight excluding hydrogens is 868 g/mol. The summed E-state index contributed by atoms with van der Waals surface area (Å²) in [5, 5.41) is 129. The maximum atomic E-state index is 12.5. The number of aliphatic hydroxyl groups is 12. The lowest BCUT2D eigenvalue weighted by atomic mass is 9.41. The van der Waals surface area contributed by atoms with Gasteiger partial charge >= 0.3 is 0 Å². The lowest BCUT2D eigenvalue weighted by Gasteiger charge is -2.66. The zero-order chi connectivity index (χ0) is 48.1. The third kappa shape index (κ3) is 7.22. The van der Waals surface area contributed by atoms with E-state index in [1.54, 1.807) is 0 Å². The number of aliphatic hydroxyl groups excluding tert-OH is 12. The second kappa shape index (κ2) is 16.9. The first-order valence-corrected chi connectivity index (χ1v) is 24.4. The highest BCUT2D eigenvalue weighted by atomic mass is 16.7. The molecule has 0 unspecified atom stereocenters. The Labute approximate surface area is 386 Å². The number of ether oxygens (including phenoxy) is 7. The predicted octanol–water partition coefficient (Wildman–Crippen LogP) is -1.45. The molecule has 12 N–H and O–H groups in total. The molecular formula is C47H78O19. The van der Waals surface area contributed by atoms with E-state index >= 15 is 0 Å². The van der Waals surface area contributed by atoms with Gasteiger partial charge in [0.1, 0.15) is 67.1 Å². The van der Waals surface area contributed by atoms with Crippen molar-refractivity contribution in [2.24, 2.45) is 44.8 Å².